The third kappa shape index (κ3) is 3.68. The first-order chi connectivity index (χ1) is 14.0. The number of methoxy groups -OCH3 is 2. The maximum Gasteiger partial charge on any atom is 0.261 e. The van der Waals surface area contributed by atoms with Crippen molar-refractivity contribution >= 4 is 17.7 Å². The summed E-state index contributed by atoms with van der Waals surface area (Å²) in [6.07, 6.45) is 2.46. The van der Waals surface area contributed by atoms with Crippen molar-refractivity contribution in [1.82, 2.24) is 10.2 Å². The Hall–Kier alpha value is -3.35. The second-order valence-electron chi connectivity index (χ2n) is 7.21. The maximum absolute atomic E-state index is 12.8. The van der Waals surface area contributed by atoms with Crippen molar-refractivity contribution in [3.05, 3.63) is 58.7 Å². The summed E-state index contributed by atoms with van der Waals surface area (Å²) in [5, 5.41) is 2.89. The van der Waals surface area contributed by atoms with E-state index in [9.17, 15) is 14.4 Å². The molecular formula is C22H22N2O5. The Morgan fingerprint density at radius 2 is 1.72 bits per heavy atom. The zero-order chi connectivity index (χ0) is 20.5. The van der Waals surface area contributed by atoms with Gasteiger partial charge in [0.2, 0.25) is 0 Å². The Morgan fingerprint density at radius 1 is 1.00 bits per heavy atom. The molecule has 0 radical (unpaired) electrons. The summed E-state index contributed by atoms with van der Waals surface area (Å²) < 4.78 is 10.5. The number of imide groups is 1. The van der Waals surface area contributed by atoms with Crippen LogP contribution in [0.15, 0.2) is 36.4 Å². The van der Waals surface area contributed by atoms with Crippen LogP contribution in [0.1, 0.15) is 49.5 Å². The van der Waals surface area contributed by atoms with Crippen LogP contribution in [0.25, 0.3) is 0 Å². The Bertz CT molecular complexity index is 997. The van der Waals surface area contributed by atoms with Crippen LogP contribution in [0, 0.1) is 0 Å². The van der Waals surface area contributed by atoms with E-state index in [-0.39, 0.29) is 35.9 Å². The van der Waals surface area contributed by atoms with Gasteiger partial charge in [-0.2, -0.15) is 0 Å². The summed E-state index contributed by atoms with van der Waals surface area (Å²) in [4.78, 5) is 38.9. The number of rotatable bonds is 7. The second-order valence-corrected chi connectivity index (χ2v) is 7.21. The minimum Gasteiger partial charge on any atom is -0.493 e. The lowest BCUT2D eigenvalue weighted by atomic mass is 10.1. The van der Waals surface area contributed by atoms with E-state index in [1.54, 1.807) is 32.4 Å². The van der Waals surface area contributed by atoms with Gasteiger partial charge in [-0.25, -0.2) is 0 Å². The number of ether oxygens (including phenoxy) is 2. The summed E-state index contributed by atoms with van der Waals surface area (Å²) in [6, 6.07) is 10.4. The molecular weight excluding hydrogens is 372 g/mol. The number of amides is 3. The number of hydrogen-bond donors (Lipinski definition) is 1. The summed E-state index contributed by atoms with van der Waals surface area (Å²) >= 11 is 0. The fourth-order valence-corrected chi connectivity index (χ4v) is 3.41. The Morgan fingerprint density at radius 3 is 2.41 bits per heavy atom. The van der Waals surface area contributed by atoms with Gasteiger partial charge in [0.05, 0.1) is 25.3 Å². The number of nitrogens with zero attached hydrogens (tertiary/aromatic N) is 1. The van der Waals surface area contributed by atoms with E-state index in [1.165, 1.54) is 11.0 Å². The van der Waals surface area contributed by atoms with E-state index in [2.05, 4.69) is 5.32 Å². The van der Waals surface area contributed by atoms with Gasteiger partial charge in [0.1, 0.15) is 0 Å². The van der Waals surface area contributed by atoms with Gasteiger partial charge in [0, 0.05) is 18.2 Å². The van der Waals surface area contributed by atoms with Crippen LogP contribution in [-0.2, 0) is 6.42 Å². The molecule has 1 fully saturated rings. The number of nitrogens with one attached hydrogen (secondary N) is 1. The van der Waals surface area contributed by atoms with Gasteiger partial charge in [0.15, 0.2) is 11.5 Å². The third-order valence-corrected chi connectivity index (χ3v) is 5.22. The molecule has 0 spiro atoms. The highest BCUT2D eigenvalue weighted by atomic mass is 16.5. The monoisotopic (exact) mass is 394 g/mol. The van der Waals surface area contributed by atoms with Crippen LogP contribution in [-0.4, -0.2) is 49.4 Å². The summed E-state index contributed by atoms with van der Waals surface area (Å²) in [5.74, 6) is 0.304. The molecule has 1 N–H and O–H groups in total. The Labute approximate surface area is 168 Å². The van der Waals surface area contributed by atoms with Gasteiger partial charge in [0.25, 0.3) is 17.7 Å². The van der Waals surface area contributed by atoms with Crippen molar-refractivity contribution < 1.29 is 23.9 Å². The highest BCUT2D eigenvalue weighted by molar-refractivity contribution is 6.22. The lowest BCUT2D eigenvalue weighted by Crippen LogP contribution is -2.31. The van der Waals surface area contributed by atoms with Gasteiger partial charge in [-0.3, -0.25) is 19.3 Å². The second kappa shape index (κ2) is 7.58. The Balaban J connectivity index is 1.48. The van der Waals surface area contributed by atoms with E-state index in [0.29, 0.717) is 29.0 Å². The third-order valence-electron chi connectivity index (χ3n) is 5.22. The maximum atomic E-state index is 12.8. The molecule has 0 aromatic heterocycles. The molecule has 7 nitrogen and oxygen atoms in total. The molecule has 1 aliphatic carbocycles. The zero-order valence-electron chi connectivity index (χ0n) is 16.4. The molecule has 150 valence electrons. The van der Waals surface area contributed by atoms with Gasteiger partial charge >= 0.3 is 0 Å². The first-order valence-electron chi connectivity index (χ1n) is 9.54. The van der Waals surface area contributed by atoms with Gasteiger partial charge in [-0.15, -0.1) is 0 Å². The predicted molar refractivity (Wildman–Crippen MR) is 106 cm³/mol. The van der Waals surface area contributed by atoms with Crippen LogP contribution in [0.3, 0.4) is 0 Å². The van der Waals surface area contributed by atoms with Crippen molar-refractivity contribution in [1.29, 1.82) is 0 Å². The van der Waals surface area contributed by atoms with Crippen molar-refractivity contribution in [2.24, 2.45) is 0 Å². The van der Waals surface area contributed by atoms with Crippen LogP contribution in [0.5, 0.6) is 11.5 Å². The molecule has 0 bridgehead atoms. The average Bonchev–Trinajstić information content (AvgIpc) is 3.52. The molecule has 0 saturated heterocycles. The lowest BCUT2D eigenvalue weighted by Gasteiger charge is -2.14. The molecule has 4 rings (SSSR count). The van der Waals surface area contributed by atoms with Gasteiger partial charge in [-0.1, -0.05) is 6.07 Å². The smallest absolute Gasteiger partial charge is 0.261 e. The molecule has 2 aromatic carbocycles. The average molecular weight is 394 g/mol. The van der Waals surface area contributed by atoms with Gasteiger partial charge < -0.3 is 14.8 Å². The zero-order valence-corrected chi connectivity index (χ0v) is 16.4. The normalized spacial score (nSPS) is 15.3. The highest BCUT2D eigenvalue weighted by Crippen LogP contribution is 2.29. The SMILES string of the molecule is COc1ccc(CCN2C(=O)c3ccc(C(=O)NC4CC4)cc3C2=O)cc1OC. The van der Waals surface area contributed by atoms with E-state index in [4.69, 9.17) is 9.47 Å². The number of carbonyl (C=O) groups excluding carboxylic acids is 3. The van der Waals surface area contributed by atoms with Crippen molar-refractivity contribution in [2.45, 2.75) is 25.3 Å². The first-order valence-corrected chi connectivity index (χ1v) is 9.54. The molecule has 1 heterocycles. The predicted octanol–water partition coefficient (Wildman–Crippen LogP) is 2.43. The molecule has 2 aliphatic rings. The van der Waals surface area contributed by atoms with Crippen molar-refractivity contribution in [3.63, 3.8) is 0 Å². The standard InChI is InChI=1S/C22H22N2O5/c1-28-18-8-3-13(11-19(18)29-2)9-10-24-21(26)16-7-4-14(12-17(16)22(24)27)20(25)23-15-5-6-15/h3-4,7-8,11-12,15H,5-6,9-10H2,1-2H3,(H,23,25). The topological polar surface area (TPSA) is 84.9 Å². The molecule has 7 heteroatoms. The van der Waals surface area contributed by atoms with E-state index in [1.807, 2.05) is 12.1 Å². The minimum atomic E-state index is -0.369. The van der Waals surface area contributed by atoms with E-state index < -0.39 is 0 Å². The first kappa shape index (κ1) is 19.0. The molecule has 0 atom stereocenters. The molecule has 29 heavy (non-hydrogen) atoms. The lowest BCUT2D eigenvalue weighted by molar-refractivity contribution is 0.0656. The molecule has 3 amide bonds. The number of benzene rings is 2. The van der Waals surface area contributed by atoms with Crippen molar-refractivity contribution in [2.75, 3.05) is 20.8 Å². The highest BCUT2D eigenvalue weighted by Gasteiger charge is 2.36. The fourth-order valence-electron chi connectivity index (χ4n) is 3.41. The molecule has 1 aliphatic heterocycles. The summed E-state index contributed by atoms with van der Waals surface area (Å²) in [6.45, 7) is 0.242. The summed E-state index contributed by atoms with van der Waals surface area (Å²) in [7, 11) is 3.12. The minimum absolute atomic E-state index is 0.209. The number of carbonyl (C=O) groups is 3. The van der Waals surface area contributed by atoms with Crippen molar-refractivity contribution in [3.8, 4) is 11.5 Å². The van der Waals surface area contributed by atoms with Gasteiger partial charge in [-0.05, 0) is 55.2 Å². The van der Waals surface area contributed by atoms with Crippen LogP contribution in [0.2, 0.25) is 0 Å². The summed E-state index contributed by atoms with van der Waals surface area (Å²) in [5.41, 5.74) is 1.94. The molecule has 0 unspecified atom stereocenters. The van der Waals surface area contributed by atoms with E-state index in [0.717, 1.165) is 18.4 Å². The molecule has 1 saturated carbocycles. The molecule has 2 aromatic rings. The number of fused-ring (bicyclic) bond motifs is 1. The quantitative estimate of drug-likeness (QED) is 0.729. The number of hydrogen-bond acceptors (Lipinski definition) is 5. The fraction of sp³-hybridized carbons (Fsp3) is 0.318. The van der Waals surface area contributed by atoms with E-state index >= 15 is 0 Å². The van der Waals surface area contributed by atoms with Crippen LogP contribution in [0.4, 0.5) is 0 Å². The van der Waals surface area contributed by atoms with Crippen LogP contribution >= 0.6 is 0 Å². The van der Waals surface area contributed by atoms with Crippen LogP contribution < -0.4 is 14.8 Å². The Kier molecular flexibility index (Phi) is 4.96. The largest absolute Gasteiger partial charge is 0.493 e.